The van der Waals surface area contributed by atoms with Crippen LogP contribution in [0.3, 0.4) is 0 Å². The summed E-state index contributed by atoms with van der Waals surface area (Å²) < 4.78 is 5.36. The van der Waals surface area contributed by atoms with Crippen LogP contribution in [0.2, 0.25) is 0 Å². The van der Waals surface area contributed by atoms with Crippen molar-refractivity contribution < 1.29 is 14.3 Å². The predicted molar refractivity (Wildman–Crippen MR) is 69.4 cm³/mol. The van der Waals surface area contributed by atoms with Crippen molar-refractivity contribution >= 4 is 11.5 Å². The molecule has 0 atom stereocenters. The van der Waals surface area contributed by atoms with Gasteiger partial charge in [-0.1, -0.05) is 12.1 Å². The van der Waals surface area contributed by atoms with E-state index in [4.69, 9.17) is 15.3 Å². The van der Waals surface area contributed by atoms with Gasteiger partial charge in [0, 0.05) is 17.9 Å². The Balaban J connectivity index is 2.54. The van der Waals surface area contributed by atoms with Crippen LogP contribution in [0.4, 0.5) is 5.69 Å². The van der Waals surface area contributed by atoms with E-state index in [0.717, 1.165) is 5.56 Å². The summed E-state index contributed by atoms with van der Waals surface area (Å²) in [6.45, 7) is 1.52. The van der Waals surface area contributed by atoms with Crippen molar-refractivity contribution in [3.05, 3.63) is 41.7 Å². The molecule has 3 N–H and O–H groups in total. The van der Waals surface area contributed by atoms with Gasteiger partial charge in [-0.3, -0.25) is 4.79 Å². The van der Waals surface area contributed by atoms with Gasteiger partial charge in [-0.2, -0.15) is 0 Å². The van der Waals surface area contributed by atoms with Crippen LogP contribution in [0, 0.1) is 0 Å². The Kier molecular flexibility index (Phi) is 3.48. The van der Waals surface area contributed by atoms with Crippen LogP contribution >= 0.6 is 0 Å². The normalized spacial score (nSPS) is 10.6. The Bertz CT molecular complexity index is 572. The fourth-order valence-corrected chi connectivity index (χ4v) is 1.94. The number of Topliss-reactive ketones (excluding diaryl/α,β-unsaturated/α-hetero) is 1. The number of furan rings is 1. The lowest BCUT2D eigenvalue weighted by atomic mass is 10.0. The Morgan fingerprint density at radius 3 is 2.83 bits per heavy atom. The molecule has 0 amide bonds. The molecule has 0 aliphatic heterocycles. The van der Waals surface area contributed by atoms with Gasteiger partial charge in [0.05, 0.1) is 11.8 Å². The summed E-state index contributed by atoms with van der Waals surface area (Å²) >= 11 is 0. The van der Waals surface area contributed by atoms with Crippen LogP contribution in [0.1, 0.15) is 22.8 Å². The van der Waals surface area contributed by atoms with Crippen LogP contribution in [-0.2, 0) is 6.42 Å². The third-order valence-electron chi connectivity index (χ3n) is 2.87. The molecule has 1 aromatic carbocycles. The van der Waals surface area contributed by atoms with Crippen molar-refractivity contribution in [2.45, 2.75) is 13.3 Å². The quantitative estimate of drug-likeness (QED) is 0.640. The number of hydrogen-bond acceptors (Lipinski definition) is 4. The number of carbonyl (C=O) groups is 1. The highest BCUT2D eigenvalue weighted by Gasteiger charge is 2.16. The topological polar surface area (TPSA) is 76.5 Å². The lowest BCUT2D eigenvalue weighted by Crippen LogP contribution is -2.01. The lowest BCUT2D eigenvalue weighted by molar-refractivity contribution is 0.101. The van der Waals surface area contributed by atoms with E-state index < -0.39 is 0 Å². The largest absolute Gasteiger partial charge is 0.463 e. The maximum atomic E-state index is 11.5. The number of benzene rings is 1. The Labute approximate surface area is 105 Å². The second-order valence-electron chi connectivity index (χ2n) is 4.07. The molecular weight excluding hydrogens is 230 g/mol. The number of anilines is 1. The molecule has 0 fully saturated rings. The van der Waals surface area contributed by atoms with Crippen molar-refractivity contribution in [3.8, 4) is 11.3 Å². The second-order valence-corrected chi connectivity index (χ2v) is 4.07. The molecule has 1 aromatic heterocycles. The summed E-state index contributed by atoms with van der Waals surface area (Å²) in [6, 6.07) is 7.13. The van der Waals surface area contributed by atoms with E-state index in [1.807, 2.05) is 18.2 Å². The standard InChI is InChI=1S/C14H15NO3/c1-9(17)11-6-8-18-14(11)12-4-2-3-10(5-7-16)13(12)15/h2-4,6,8,16H,5,7,15H2,1H3. The van der Waals surface area contributed by atoms with Gasteiger partial charge in [0.15, 0.2) is 5.78 Å². The highest BCUT2D eigenvalue weighted by Crippen LogP contribution is 2.32. The molecular formula is C14H15NO3. The Hall–Kier alpha value is -2.07. The minimum atomic E-state index is -0.0642. The molecule has 0 unspecified atom stereocenters. The molecule has 1 heterocycles. The molecule has 0 aliphatic rings. The van der Waals surface area contributed by atoms with E-state index in [-0.39, 0.29) is 12.4 Å². The summed E-state index contributed by atoms with van der Waals surface area (Å²) in [6.07, 6.45) is 1.96. The Morgan fingerprint density at radius 1 is 1.39 bits per heavy atom. The van der Waals surface area contributed by atoms with E-state index in [2.05, 4.69) is 0 Å². The van der Waals surface area contributed by atoms with Crippen molar-refractivity contribution in [2.75, 3.05) is 12.3 Å². The average molecular weight is 245 g/mol. The second kappa shape index (κ2) is 5.06. The highest BCUT2D eigenvalue weighted by molar-refractivity contribution is 6.00. The van der Waals surface area contributed by atoms with Crippen molar-refractivity contribution in [3.63, 3.8) is 0 Å². The molecule has 4 heteroatoms. The number of nitrogen functional groups attached to an aromatic ring is 1. The molecule has 4 nitrogen and oxygen atoms in total. The van der Waals surface area contributed by atoms with Crippen LogP contribution in [0.5, 0.6) is 0 Å². The van der Waals surface area contributed by atoms with Gasteiger partial charge in [-0.15, -0.1) is 0 Å². The molecule has 0 spiro atoms. The van der Waals surface area contributed by atoms with E-state index in [9.17, 15) is 4.79 Å². The third-order valence-corrected chi connectivity index (χ3v) is 2.87. The lowest BCUT2D eigenvalue weighted by Gasteiger charge is -2.09. The maximum absolute atomic E-state index is 11.5. The number of rotatable bonds is 4. The number of carbonyl (C=O) groups excluding carboxylic acids is 1. The van der Waals surface area contributed by atoms with E-state index >= 15 is 0 Å². The van der Waals surface area contributed by atoms with Crippen LogP contribution < -0.4 is 5.73 Å². The zero-order chi connectivity index (χ0) is 13.1. The third kappa shape index (κ3) is 2.15. The molecule has 0 saturated heterocycles. The fourth-order valence-electron chi connectivity index (χ4n) is 1.94. The maximum Gasteiger partial charge on any atom is 0.163 e. The summed E-state index contributed by atoms with van der Waals surface area (Å²) in [7, 11) is 0. The molecule has 2 aromatic rings. The van der Waals surface area contributed by atoms with Gasteiger partial charge in [0.1, 0.15) is 5.76 Å². The van der Waals surface area contributed by atoms with Crippen LogP contribution in [-0.4, -0.2) is 17.5 Å². The molecule has 0 bridgehead atoms. The number of aliphatic hydroxyl groups is 1. The number of hydrogen-bond donors (Lipinski definition) is 2. The molecule has 2 rings (SSSR count). The first-order valence-corrected chi connectivity index (χ1v) is 5.72. The first-order valence-electron chi connectivity index (χ1n) is 5.72. The predicted octanol–water partition coefficient (Wildman–Crippen LogP) is 2.27. The van der Waals surface area contributed by atoms with Crippen LogP contribution in [0.15, 0.2) is 34.9 Å². The first kappa shape index (κ1) is 12.4. The molecule has 18 heavy (non-hydrogen) atoms. The zero-order valence-electron chi connectivity index (χ0n) is 10.1. The first-order chi connectivity index (χ1) is 8.65. The summed E-state index contributed by atoms with van der Waals surface area (Å²) in [4.78, 5) is 11.5. The minimum absolute atomic E-state index is 0.0331. The number of para-hydroxylation sites is 1. The molecule has 0 saturated carbocycles. The van der Waals surface area contributed by atoms with Crippen molar-refractivity contribution in [1.82, 2.24) is 0 Å². The summed E-state index contributed by atoms with van der Waals surface area (Å²) in [5, 5.41) is 8.98. The summed E-state index contributed by atoms with van der Waals surface area (Å²) in [5.41, 5.74) is 8.65. The van der Waals surface area contributed by atoms with Crippen molar-refractivity contribution in [2.24, 2.45) is 0 Å². The monoisotopic (exact) mass is 245 g/mol. The highest BCUT2D eigenvalue weighted by atomic mass is 16.3. The molecule has 0 aliphatic carbocycles. The molecule has 0 radical (unpaired) electrons. The minimum Gasteiger partial charge on any atom is -0.463 e. The van der Waals surface area contributed by atoms with E-state index in [1.54, 1.807) is 6.07 Å². The number of ketones is 1. The van der Waals surface area contributed by atoms with Gasteiger partial charge < -0.3 is 15.3 Å². The van der Waals surface area contributed by atoms with E-state index in [0.29, 0.717) is 29.0 Å². The van der Waals surface area contributed by atoms with Crippen LogP contribution in [0.25, 0.3) is 11.3 Å². The number of nitrogens with two attached hydrogens (primary N) is 1. The van der Waals surface area contributed by atoms with E-state index in [1.165, 1.54) is 13.2 Å². The average Bonchev–Trinajstić information content (AvgIpc) is 2.81. The van der Waals surface area contributed by atoms with Gasteiger partial charge >= 0.3 is 0 Å². The SMILES string of the molecule is CC(=O)c1ccoc1-c1cccc(CCO)c1N. The fraction of sp³-hybridized carbons (Fsp3) is 0.214. The summed E-state index contributed by atoms with van der Waals surface area (Å²) in [5.74, 6) is 0.422. The van der Waals surface area contributed by atoms with Gasteiger partial charge in [0.25, 0.3) is 0 Å². The van der Waals surface area contributed by atoms with Gasteiger partial charge in [-0.05, 0) is 31.0 Å². The Morgan fingerprint density at radius 2 is 2.17 bits per heavy atom. The zero-order valence-corrected chi connectivity index (χ0v) is 10.1. The van der Waals surface area contributed by atoms with Gasteiger partial charge in [-0.25, -0.2) is 0 Å². The molecule has 94 valence electrons. The van der Waals surface area contributed by atoms with Crippen molar-refractivity contribution in [1.29, 1.82) is 0 Å². The van der Waals surface area contributed by atoms with Gasteiger partial charge in [0.2, 0.25) is 0 Å². The number of aliphatic hydroxyl groups excluding tert-OH is 1. The smallest absolute Gasteiger partial charge is 0.163 e.